The molecule has 0 aliphatic rings. The number of rotatable bonds is 3. The molecule has 0 saturated carbocycles. The zero-order chi connectivity index (χ0) is 14.9. The number of nitrogens with two attached hydrogens (primary N) is 1. The van der Waals surface area contributed by atoms with E-state index < -0.39 is 0 Å². The lowest BCUT2D eigenvalue weighted by molar-refractivity contribution is 0.408. The number of aromatic nitrogens is 2. The predicted molar refractivity (Wildman–Crippen MR) is 82.7 cm³/mol. The molecule has 1 aromatic heterocycles. The van der Waals surface area contributed by atoms with Gasteiger partial charge in [-0.25, -0.2) is 0 Å². The maximum Gasteiger partial charge on any atom is 0.260 e. The number of nitrogen functional groups attached to an aromatic ring is 1. The van der Waals surface area contributed by atoms with Crippen LogP contribution in [0.2, 0.25) is 0 Å². The molecule has 2 aromatic carbocycles. The average Bonchev–Trinajstić information content (AvgIpc) is 2.99. The minimum atomic E-state index is -0.327. The number of hydrogen-bond acceptors (Lipinski definition) is 4. The summed E-state index contributed by atoms with van der Waals surface area (Å²) in [6.45, 7) is 4.15. The van der Waals surface area contributed by atoms with Crippen LogP contribution in [0.3, 0.4) is 0 Å². The van der Waals surface area contributed by atoms with Gasteiger partial charge in [0.05, 0.1) is 11.0 Å². The number of anilines is 1. The lowest BCUT2D eigenvalue weighted by atomic mass is 9.84. The standard InChI is InChI=1S/C17H17N3O/c1-17(2,12-8-4-3-5-9-12)16-19-15(21-20-16)13-10-6-7-11-14(13)18/h3-11H,18H2,1-2H3. The topological polar surface area (TPSA) is 64.9 Å². The molecule has 0 bridgehead atoms. The van der Waals surface area contributed by atoms with E-state index in [0.29, 0.717) is 17.4 Å². The molecule has 0 unspecified atom stereocenters. The molecular formula is C17H17N3O. The minimum Gasteiger partial charge on any atom is -0.398 e. The van der Waals surface area contributed by atoms with E-state index in [9.17, 15) is 0 Å². The summed E-state index contributed by atoms with van der Waals surface area (Å²) >= 11 is 0. The predicted octanol–water partition coefficient (Wildman–Crippen LogP) is 3.64. The zero-order valence-electron chi connectivity index (χ0n) is 12.1. The van der Waals surface area contributed by atoms with E-state index in [2.05, 4.69) is 36.1 Å². The molecule has 4 heteroatoms. The van der Waals surface area contributed by atoms with Crippen LogP contribution in [0.25, 0.3) is 11.5 Å². The highest BCUT2D eigenvalue weighted by Gasteiger charge is 2.29. The van der Waals surface area contributed by atoms with Crippen molar-refractivity contribution in [3.8, 4) is 11.5 Å². The summed E-state index contributed by atoms with van der Waals surface area (Å²) in [6.07, 6.45) is 0. The molecule has 3 rings (SSSR count). The maximum atomic E-state index is 5.95. The van der Waals surface area contributed by atoms with Gasteiger partial charge < -0.3 is 10.3 Å². The SMILES string of the molecule is CC(C)(c1ccccc1)c1noc(-c2ccccc2N)n1. The number of benzene rings is 2. The second kappa shape index (κ2) is 5.05. The van der Waals surface area contributed by atoms with Crippen LogP contribution in [0.4, 0.5) is 5.69 Å². The first-order valence-electron chi connectivity index (χ1n) is 6.83. The molecule has 4 nitrogen and oxygen atoms in total. The molecule has 0 atom stereocenters. The summed E-state index contributed by atoms with van der Waals surface area (Å²) in [4.78, 5) is 4.53. The minimum absolute atomic E-state index is 0.327. The van der Waals surface area contributed by atoms with E-state index in [-0.39, 0.29) is 5.41 Å². The molecule has 3 aromatic rings. The van der Waals surface area contributed by atoms with Gasteiger partial charge in [0.1, 0.15) is 0 Å². The summed E-state index contributed by atoms with van der Waals surface area (Å²) in [5, 5.41) is 4.14. The molecule has 1 heterocycles. The van der Waals surface area contributed by atoms with Gasteiger partial charge in [0.15, 0.2) is 5.82 Å². The van der Waals surface area contributed by atoms with Crippen molar-refractivity contribution in [2.45, 2.75) is 19.3 Å². The van der Waals surface area contributed by atoms with Crippen molar-refractivity contribution in [2.75, 3.05) is 5.73 Å². The van der Waals surface area contributed by atoms with Crippen molar-refractivity contribution in [3.63, 3.8) is 0 Å². The quantitative estimate of drug-likeness (QED) is 0.743. The van der Waals surface area contributed by atoms with Crippen LogP contribution in [-0.2, 0) is 5.41 Å². The van der Waals surface area contributed by atoms with Crippen molar-refractivity contribution < 1.29 is 4.52 Å². The normalized spacial score (nSPS) is 11.5. The van der Waals surface area contributed by atoms with Crippen LogP contribution in [0, 0.1) is 0 Å². The Morgan fingerprint density at radius 2 is 1.62 bits per heavy atom. The first kappa shape index (κ1) is 13.4. The van der Waals surface area contributed by atoms with E-state index >= 15 is 0 Å². The van der Waals surface area contributed by atoms with E-state index in [1.165, 1.54) is 0 Å². The molecule has 0 spiro atoms. The summed E-state index contributed by atoms with van der Waals surface area (Å²) in [6, 6.07) is 17.6. The largest absolute Gasteiger partial charge is 0.398 e. The van der Waals surface area contributed by atoms with Crippen molar-refractivity contribution in [2.24, 2.45) is 0 Å². The van der Waals surface area contributed by atoms with Crippen molar-refractivity contribution >= 4 is 5.69 Å². The average molecular weight is 279 g/mol. The molecule has 0 saturated heterocycles. The Balaban J connectivity index is 2.01. The highest BCUT2D eigenvalue weighted by Crippen LogP contribution is 2.31. The third-order valence-corrected chi connectivity index (χ3v) is 3.67. The molecule has 0 amide bonds. The fourth-order valence-corrected chi connectivity index (χ4v) is 2.26. The number of para-hydroxylation sites is 1. The second-order valence-corrected chi connectivity index (χ2v) is 5.50. The fourth-order valence-electron chi connectivity index (χ4n) is 2.26. The van der Waals surface area contributed by atoms with Gasteiger partial charge in [-0.1, -0.05) is 47.6 Å². The van der Waals surface area contributed by atoms with Gasteiger partial charge in [0.25, 0.3) is 5.89 Å². The summed E-state index contributed by atoms with van der Waals surface area (Å²) in [5.74, 6) is 1.10. The van der Waals surface area contributed by atoms with Gasteiger partial charge in [-0.2, -0.15) is 4.98 Å². The molecule has 2 N–H and O–H groups in total. The van der Waals surface area contributed by atoms with Gasteiger partial charge in [-0.3, -0.25) is 0 Å². The lowest BCUT2D eigenvalue weighted by Crippen LogP contribution is -2.20. The van der Waals surface area contributed by atoms with Gasteiger partial charge in [-0.15, -0.1) is 0 Å². The number of hydrogen-bond donors (Lipinski definition) is 1. The molecule has 0 fully saturated rings. The Morgan fingerprint density at radius 1 is 0.952 bits per heavy atom. The highest BCUT2D eigenvalue weighted by atomic mass is 16.5. The summed E-state index contributed by atoms with van der Waals surface area (Å²) in [5.41, 5.74) is 8.16. The Kier molecular flexibility index (Phi) is 3.22. The van der Waals surface area contributed by atoms with Gasteiger partial charge in [-0.05, 0) is 31.5 Å². The second-order valence-electron chi connectivity index (χ2n) is 5.50. The van der Waals surface area contributed by atoms with E-state index in [1.54, 1.807) is 0 Å². The van der Waals surface area contributed by atoms with E-state index in [0.717, 1.165) is 11.1 Å². The van der Waals surface area contributed by atoms with Crippen LogP contribution in [0.15, 0.2) is 59.1 Å². The summed E-state index contributed by atoms with van der Waals surface area (Å²) in [7, 11) is 0. The summed E-state index contributed by atoms with van der Waals surface area (Å²) < 4.78 is 5.40. The molecule has 106 valence electrons. The smallest absolute Gasteiger partial charge is 0.260 e. The van der Waals surface area contributed by atoms with Crippen molar-refractivity contribution in [1.29, 1.82) is 0 Å². The zero-order valence-corrected chi connectivity index (χ0v) is 12.1. The Hall–Kier alpha value is -2.62. The Morgan fingerprint density at radius 3 is 2.33 bits per heavy atom. The maximum absolute atomic E-state index is 5.95. The molecule has 0 aliphatic heterocycles. The van der Waals surface area contributed by atoms with E-state index in [1.807, 2.05) is 42.5 Å². The van der Waals surface area contributed by atoms with Crippen LogP contribution < -0.4 is 5.73 Å². The van der Waals surface area contributed by atoms with Crippen LogP contribution in [0.5, 0.6) is 0 Å². The third kappa shape index (κ3) is 2.40. The Bertz CT molecular complexity index is 747. The first-order chi connectivity index (χ1) is 10.1. The molecule has 0 radical (unpaired) electrons. The van der Waals surface area contributed by atoms with Gasteiger partial charge in [0, 0.05) is 5.69 Å². The van der Waals surface area contributed by atoms with Crippen molar-refractivity contribution in [1.82, 2.24) is 10.1 Å². The highest BCUT2D eigenvalue weighted by molar-refractivity contribution is 5.70. The fraction of sp³-hybridized carbons (Fsp3) is 0.176. The van der Waals surface area contributed by atoms with Gasteiger partial charge in [0.2, 0.25) is 0 Å². The van der Waals surface area contributed by atoms with Crippen LogP contribution in [-0.4, -0.2) is 10.1 Å². The lowest BCUT2D eigenvalue weighted by Gasteiger charge is -2.20. The number of nitrogens with zero attached hydrogens (tertiary/aromatic N) is 2. The third-order valence-electron chi connectivity index (χ3n) is 3.67. The molecule has 0 aliphatic carbocycles. The Labute approximate surface area is 123 Å². The molecular weight excluding hydrogens is 262 g/mol. The van der Waals surface area contributed by atoms with Crippen LogP contribution in [0.1, 0.15) is 25.2 Å². The van der Waals surface area contributed by atoms with E-state index in [4.69, 9.17) is 10.3 Å². The van der Waals surface area contributed by atoms with Crippen LogP contribution >= 0.6 is 0 Å². The van der Waals surface area contributed by atoms with Gasteiger partial charge >= 0.3 is 0 Å². The monoisotopic (exact) mass is 279 g/mol. The molecule has 21 heavy (non-hydrogen) atoms. The van der Waals surface area contributed by atoms with Crippen molar-refractivity contribution in [3.05, 3.63) is 66.0 Å². The first-order valence-corrected chi connectivity index (χ1v) is 6.83.